The summed E-state index contributed by atoms with van der Waals surface area (Å²) in [6.45, 7) is 3.42. The van der Waals surface area contributed by atoms with Crippen molar-refractivity contribution in [1.29, 1.82) is 0 Å². The Morgan fingerprint density at radius 2 is 1.96 bits per heavy atom. The highest BCUT2D eigenvalue weighted by molar-refractivity contribution is 6.06. The van der Waals surface area contributed by atoms with Crippen LogP contribution < -0.4 is 15.0 Å². The molecule has 26 heavy (non-hydrogen) atoms. The van der Waals surface area contributed by atoms with Gasteiger partial charge in [-0.25, -0.2) is 4.98 Å². The number of carbonyl (C=O) groups excluding carboxylic acids is 1. The van der Waals surface area contributed by atoms with E-state index < -0.39 is 0 Å². The van der Waals surface area contributed by atoms with Crippen molar-refractivity contribution in [2.45, 2.75) is 12.8 Å². The number of nitrogens with zero attached hydrogens (tertiary/aromatic N) is 3. The summed E-state index contributed by atoms with van der Waals surface area (Å²) < 4.78 is 5.77. The number of anilines is 2. The Morgan fingerprint density at radius 1 is 1.19 bits per heavy atom. The molecule has 0 aliphatic carbocycles. The largest absolute Gasteiger partial charge is 0.491 e. The Labute approximate surface area is 154 Å². The predicted molar refractivity (Wildman–Crippen MR) is 104 cm³/mol. The molecule has 6 nitrogen and oxygen atoms in total. The molecule has 1 N–H and O–H groups in total. The van der Waals surface area contributed by atoms with Crippen molar-refractivity contribution in [2.75, 3.05) is 50.6 Å². The van der Waals surface area contributed by atoms with Crippen molar-refractivity contribution >= 4 is 17.4 Å². The third-order valence-electron chi connectivity index (χ3n) is 4.36. The summed E-state index contributed by atoms with van der Waals surface area (Å²) in [5.74, 6) is 1.36. The Bertz CT molecular complexity index is 725. The molecular formula is C20H26N4O2. The molecule has 0 saturated carbocycles. The summed E-state index contributed by atoms with van der Waals surface area (Å²) in [5.41, 5.74) is 1.20. The van der Waals surface area contributed by atoms with Gasteiger partial charge >= 0.3 is 0 Å². The molecule has 1 fully saturated rings. The average molecular weight is 354 g/mol. The van der Waals surface area contributed by atoms with E-state index in [1.54, 1.807) is 12.3 Å². The van der Waals surface area contributed by atoms with Crippen molar-refractivity contribution in [1.82, 2.24) is 9.88 Å². The molecule has 0 radical (unpaired) electrons. The minimum atomic E-state index is -0.193. The van der Waals surface area contributed by atoms with E-state index in [1.165, 1.54) is 12.8 Å². The Kier molecular flexibility index (Phi) is 6.07. The average Bonchev–Trinajstić information content (AvgIpc) is 3.17. The van der Waals surface area contributed by atoms with Crippen LogP contribution in [0.4, 0.5) is 11.5 Å². The van der Waals surface area contributed by atoms with Crippen LogP contribution in [0.25, 0.3) is 0 Å². The monoisotopic (exact) mass is 354 g/mol. The lowest BCUT2D eigenvalue weighted by Crippen LogP contribution is -2.21. The van der Waals surface area contributed by atoms with Gasteiger partial charge in [-0.15, -0.1) is 0 Å². The fourth-order valence-electron chi connectivity index (χ4n) is 2.91. The van der Waals surface area contributed by atoms with Gasteiger partial charge in [-0.3, -0.25) is 4.79 Å². The lowest BCUT2D eigenvalue weighted by molar-refractivity contribution is 0.102. The lowest BCUT2D eigenvalue weighted by atomic mass is 10.2. The zero-order chi connectivity index (χ0) is 18.4. The maximum atomic E-state index is 12.6. The van der Waals surface area contributed by atoms with Crippen LogP contribution in [0.15, 0.2) is 42.6 Å². The van der Waals surface area contributed by atoms with Crippen molar-refractivity contribution < 1.29 is 9.53 Å². The zero-order valence-corrected chi connectivity index (χ0v) is 15.4. The molecule has 0 unspecified atom stereocenters. The summed E-state index contributed by atoms with van der Waals surface area (Å²) in [6, 6.07) is 11.1. The van der Waals surface area contributed by atoms with E-state index in [2.05, 4.69) is 15.2 Å². The normalized spacial score (nSPS) is 13.9. The van der Waals surface area contributed by atoms with E-state index in [1.807, 2.05) is 49.3 Å². The first-order valence-electron chi connectivity index (χ1n) is 9.02. The summed E-state index contributed by atoms with van der Waals surface area (Å²) in [4.78, 5) is 21.4. The van der Waals surface area contributed by atoms with Gasteiger partial charge in [-0.1, -0.05) is 12.1 Å². The third kappa shape index (κ3) is 4.73. The Balaban J connectivity index is 1.64. The summed E-state index contributed by atoms with van der Waals surface area (Å²) in [6.07, 6.45) is 4.14. The minimum absolute atomic E-state index is 0.193. The van der Waals surface area contributed by atoms with Crippen LogP contribution in [0.1, 0.15) is 23.2 Å². The highest BCUT2D eigenvalue weighted by atomic mass is 16.5. The van der Waals surface area contributed by atoms with Crippen LogP contribution in [-0.2, 0) is 0 Å². The molecule has 1 aromatic heterocycles. The fourth-order valence-corrected chi connectivity index (χ4v) is 2.91. The molecule has 6 heteroatoms. The van der Waals surface area contributed by atoms with E-state index in [4.69, 9.17) is 4.74 Å². The van der Waals surface area contributed by atoms with E-state index in [9.17, 15) is 4.79 Å². The molecule has 138 valence electrons. The molecular weight excluding hydrogens is 328 g/mol. The summed E-state index contributed by atoms with van der Waals surface area (Å²) >= 11 is 0. The van der Waals surface area contributed by atoms with E-state index in [0.29, 0.717) is 23.6 Å². The van der Waals surface area contributed by atoms with Crippen LogP contribution in [0.2, 0.25) is 0 Å². The minimum Gasteiger partial charge on any atom is -0.491 e. The summed E-state index contributed by atoms with van der Waals surface area (Å²) in [5, 5.41) is 2.91. The second-order valence-corrected chi connectivity index (χ2v) is 6.70. The molecule has 1 aliphatic rings. The topological polar surface area (TPSA) is 57.7 Å². The van der Waals surface area contributed by atoms with E-state index in [0.717, 1.165) is 25.5 Å². The number of amides is 1. The molecule has 2 aromatic rings. The Morgan fingerprint density at radius 3 is 2.65 bits per heavy atom. The van der Waals surface area contributed by atoms with Gasteiger partial charge in [0.25, 0.3) is 5.91 Å². The van der Waals surface area contributed by atoms with Crippen molar-refractivity contribution in [2.24, 2.45) is 0 Å². The van der Waals surface area contributed by atoms with E-state index in [-0.39, 0.29) is 5.91 Å². The third-order valence-corrected chi connectivity index (χ3v) is 4.36. The molecule has 0 bridgehead atoms. The van der Waals surface area contributed by atoms with Gasteiger partial charge in [0, 0.05) is 19.6 Å². The second kappa shape index (κ2) is 8.67. The molecule has 1 saturated heterocycles. The molecule has 2 heterocycles. The zero-order valence-electron chi connectivity index (χ0n) is 15.4. The number of para-hydroxylation sites is 1. The molecule has 0 atom stereocenters. The fraction of sp³-hybridized carbons (Fsp3) is 0.400. The molecule has 0 spiro atoms. The molecule has 3 rings (SSSR count). The quantitative estimate of drug-likeness (QED) is 0.829. The maximum Gasteiger partial charge on any atom is 0.259 e. The number of pyridine rings is 1. The Hall–Kier alpha value is -2.60. The first-order valence-corrected chi connectivity index (χ1v) is 9.02. The number of aromatic nitrogens is 1. The first-order chi connectivity index (χ1) is 12.6. The van der Waals surface area contributed by atoms with Gasteiger partial charge < -0.3 is 19.9 Å². The number of likely N-dealkylation sites (N-methyl/N-ethyl adjacent to an activating group) is 1. The molecule has 1 amide bonds. The van der Waals surface area contributed by atoms with Gasteiger partial charge in [0.05, 0.1) is 17.4 Å². The lowest BCUT2D eigenvalue weighted by Gasteiger charge is -2.16. The number of hydrogen-bond acceptors (Lipinski definition) is 5. The van der Waals surface area contributed by atoms with Gasteiger partial charge in [-0.05, 0) is 51.2 Å². The van der Waals surface area contributed by atoms with Gasteiger partial charge in [0.1, 0.15) is 18.2 Å². The second-order valence-electron chi connectivity index (χ2n) is 6.70. The number of nitrogens with one attached hydrogen (secondary N) is 1. The van der Waals surface area contributed by atoms with Crippen LogP contribution in [-0.4, -0.2) is 56.1 Å². The van der Waals surface area contributed by atoms with Crippen molar-refractivity contribution in [3.05, 3.63) is 48.2 Å². The smallest absolute Gasteiger partial charge is 0.259 e. The van der Waals surface area contributed by atoms with Crippen LogP contribution in [0, 0.1) is 0 Å². The van der Waals surface area contributed by atoms with E-state index >= 15 is 0 Å². The van der Waals surface area contributed by atoms with Gasteiger partial charge in [0.2, 0.25) is 0 Å². The van der Waals surface area contributed by atoms with Crippen LogP contribution in [0.3, 0.4) is 0 Å². The molecule has 1 aromatic carbocycles. The van der Waals surface area contributed by atoms with Gasteiger partial charge in [0.15, 0.2) is 0 Å². The summed E-state index contributed by atoms with van der Waals surface area (Å²) in [7, 11) is 3.97. The first kappa shape index (κ1) is 18.2. The van der Waals surface area contributed by atoms with Crippen molar-refractivity contribution in [3.63, 3.8) is 0 Å². The SMILES string of the molecule is CN(C)CCOc1ccccc1C(=O)Nc1ccc(N2CCCC2)nc1. The predicted octanol–water partition coefficient (Wildman–Crippen LogP) is 2.87. The van der Waals surface area contributed by atoms with Crippen molar-refractivity contribution in [3.8, 4) is 5.75 Å². The number of hydrogen-bond donors (Lipinski definition) is 1. The number of benzene rings is 1. The standard InChI is InChI=1S/C20H26N4O2/c1-23(2)13-14-26-18-8-4-3-7-17(18)20(25)22-16-9-10-19(21-15-16)24-11-5-6-12-24/h3-4,7-10,15H,5-6,11-14H2,1-2H3,(H,22,25). The highest BCUT2D eigenvalue weighted by Crippen LogP contribution is 2.22. The maximum absolute atomic E-state index is 12.6. The highest BCUT2D eigenvalue weighted by Gasteiger charge is 2.15. The van der Waals surface area contributed by atoms with Crippen LogP contribution >= 0.6 is 0 Å². The number of ether oxygens (including phenoxy) is 1. The van der Waals surface area contributed by atoms with Gasteiger partial charge in [-0.2, -0.15) is 0 Å². The number of rotatable bonds is 7. The molecule has 1 aliphatic heterocycles. The number of carbonyl (C=O) groups is 1. The van der Waals surface area contributed by atoms with Crippen LogP contribution in [0.5, 0.6) is 5.75 Å².